The van der Waals surface area contributed by atoms with Crippen LogP contribution >= 0.6 is 0 Å². The van der Waals surface area contributed by atoms with Crippen molar-refractivity contribution in [3.8, 4) is 17.4 Å². The van der Waals surface area contributed by atoms with E-state index in [0.29, 0.717) is 42.0 Å². The number of hydrogen-bond donors (Lipinski definition) is 2. The molecule has 160 valence electrons. The number of carbonyl (C=O) groups excluding carboxylic acids is 1. The van der Waals surface area contributed by atoms with E-state index in [1.807, 2.05) is 84.5 Å². The van der Waals surface area contributed by atoms with Crippen molar-refractivity contribution in [3.63, 3.8) is 0 Å². The standard InChI is InChI=1S/C25H24N6O/c1-18-11-12-19(16-23(18)30-14-5-6-15-30)25(32)28-13-7-10-22-21(17-26)24(27)31(29-22)20-8-3-2-4-9-20/h2-6,8-9,11-12,14-16H,7,10,13,27H2,1H3,(H,28,32). The number of aromatic nitrogens is 3. The number of nitrogens with two attached hydrogens (primary N) is 1. The van der Waals surface area contributed by atoms with Gasteiger partial charge in [-0.05, 0) is 61.7 Å². The molecule has 0 radical (unpaired) electrons. The molecule has 0 saturated heterocycles. The first kappa shape index (κ1) is 20.9. The van der Waals surface area contributed by atoms with Gasteiger partial charge in [-0.2, -0.15) is 10.4 Å². The lowest BCUT2D eigenvalue weighted by Gasteiger charge is -2.10. The second-order valence-electron chi connectivity index (χ2n) is 7.52. The van der Waals surface area contributed by atoms with E-state index in [0.717, 1.165) is 16.9 Å². The van der Waals surface area contributed by atoms with Crippen molar-refractivity contribution < 1.29 is 4.79 Å². The fourth-order valence-electron chi connectivity index (χ4n) is 3.62. The molecule has 0 aliphatic rings. The Morgan fingerprint density at radius 1 is 1.12 bits per heavy atom. The predicted molar refractivity (Wildman–Crippen MR) is 124 cm³/mol. The Labute approximate surface area is 186 Å². The van der Waals surface area contributed by atoms with Gasteiger partial charge in [0, 0.05) is 30.2 Å². The van der Waals surface area contributed by atoms with Crippen LogP contribution in [0.4, 0.5) is 5.82 Å². The van der Waals surface area contributed by atoms with Gasteiger partial charge in [-0.3, -0.25) is 4.79 Å². The van der Waals surface area contributed by atoms with Crippen molar-refractivity contribution in [3.05, 3.63) is 95.4 Å². The fraction of sp³-hybridized carbons (Fsp3) is 0.160. The number of carbonyl (C=O) groups is 1. The van der Waals surface area contributed by atoms with Crippen molar-refractivity contribution >= 4 is 11.7 Å². The van der Waals surface area contributed by atoms with Crippen LogP contribution in [0.1, 0.15) is 33.6 Å². The quantitative estimate of drug-likeness (QED) is 0.441. The smallest absolute Gasteiger partial charge is 0.251 e. The minimum absolute atomic E-state index is 0.131. The van der Waals surface area contributed by atoms with Gasteiger partial charge in [0.25, 0.3) is 5.91 Å². The van der Waals surface area contributed by atoms with Crippen LogP contribution in [0.2, 0.25) is 0 Å². The number of anilines is 1. The Kier molecular flexibility index (Phi) is 6.04. The molecule has 2 aromatic heterocycles. The normalized spacial score (nSPS) is 10.6. The summed E-state index contributed by atoms with van der Waals surface area (Å²) in [5.41, 5.74) is 10.6. The maximum atomic E-state index is 12.6. The molecule has 7 heteroatoms. The summed E-state index contributed by atoms with van der Waals surface area (Å²) in [5, 5.41) is 17.0. The van der Waals surface area contributed by atoms with Crippen LogP contribution < -0.4 is 11.1 Å². The van der Waals surface area contributed by atoms with Crippen LogP contribution in [0.3, 0.4) is 0 Å². The third-order valence-corrected chi connectivity index (χ3v) is 5.34. The third-order valence-electron chi connectivity index (χ3n) is 5.34. The van der Waals surface area contributed by atoms with Crippen LogP contribution in [0.15, 0.2) is 73.1 Å². The summed E-state index contributed by atoms with van der Waals surface area (Å²) >= 11 is 0. The van der Waals surface area contributed by atoms with Gasteiger partial charge in [0.1, 0.15) is 17.5 Å². The highest BCUT2D eigenvalue weighted by Crippen LogP contribution is 2.21. The molecule has 0 aliphatic carbocycles. The van der Waals surface area contributed by atoms with E-state index in [1.165, 1.54) is 0 Å². The van der Waals surface area contributed by atoms with E-state index < -0.39 is 0 Å². The number of aryl methyl sites for hydroxylation is 2. The molecule has 3 N–H and O–H groups in total. The first-order chi connectivity index (χ1) is 15.6. The lowest BCUT2D eigenvalue weighted by Crippen LogP contribution is -2.25. The summed E-state index contributed by atoms with van der Waals surface area (Å²) in [7, 11) is 0. The Morgan fingerprint density at radius 2 is 1.88 bits per heavy atom. The summed E-state index contributed by atoms with van der Waals surface area (Å²) in [6.45, 7) is 2.48. The maximum absolute atomic E-state index is 12.6. The van der Waals surface area contributed by atoms with Crippen LogP contribution in [0, 0.1) is 18.3 Å². The van der Waals surface area contributed by atoms with Gasteiger partial charge in [0.2, 0.25) is 0 Å². The minimum Gasteiger partial charge on any atom is -0.382 e. The van der Waals surface area contributed by atoms with E-state index in [1.54, 1.807) is 4.68 Å². The average molecular weight is 425 g/mol. The molecule has 0 fully saturated rings. The average Bonchev–Trinajstić information content (AvgIpc) is 3.45. The molecule has 0 saturated carbocycles. The Hall–Kier alpha value is -4.31. The third kappa shape index (κ3) is 4.25. The minimum atomic E-state index is -0.131. The second-order valence-corrected chi connectivity index (χ2v) is 7.52. The molecule has 4 aromatic rings. The molecule has 0 atom stereocenters. The number of rotatable bonds is 7. The molecule has 0 spiro atoms. The summed E-state index contributed by atoms with van der Waals surface area (Å²) < 4.78 is 3.57. The van der Waals surface area contributed by atoms with E-state index in [4.69, 9.17) is 5.73 Å². The Balaban J connectivity index is 1.39. The molecule has 1 amide bonds. The van der Waals surface area contributed by atoms with E-state index >= 15 is 0 Å². The highest BCUT2D eigenvalue weighted by molar-refractivity contribution is 5.94. The lowest BCUT2D eigenvalue weighted by molar-refractivity contribution is 0.0953. The number of nitriles is 1. The first-order valence-electron chi connectivity index (χ1n) is 10.4. The van der Waals surface area contributed by atoms with Gasteiger partial charge in [-0.25, -0.2) is 4.68 Å². The summed E-state index contributed by atoms with van der Waals surface area (Å²) in [4.78, 5) is 12.6. The van der Waals surface area contributed by atoms with Gasteiger partial charge < -0.3 is 15.6 Å². The molecular formula is C25H24N6O. The van der Waals surface area contributed by atoms with Crippen LogP contribution in [0.25, 0.3) is 11.4 Å². The summed E-state index contributed by atoms with van der Waals surface area (Å²) in [6, 6.07) is 21.2. The van der Waals surface area contributed by atoms with Crippen LogP contribution in [0.5, 0.6) is 0 Å². The molecule has 2 aromatic carbocycles. The lowest BCUT2D eigenvalue weighted by atomic mass is 10.1. The zero-order valence-corrected chi connectivity index (χ0v) is 17.8. The molecule has 0 aliphatic heterocycles. The van der Waals surface area contributed by atoms with Gasteiger partial charge >= 0.3 is 0 Å². The zero-order valence-electron chi connectivity index (χ0n) is 17.8. The topological polar surface area (TPSA) is 102 Å². The largest absolute Gasteiger partial charge is 0.382 e. The van der Waals surface area contributed by atoms with Gasteiger partial charge in [0.05, 0.1) is 11.4 Å². The van der Waals surface area contributed by atoms with Crippen molar-refractivity contribution in [1.82, 2.24) is 19.7 Å². The monoisotopic (exact) mass is 424 g/mol. The summed E-state index contributed by atoms with van der Waals surface area (Å²) in [6.07, 6.45) is 5.09. The number of nitrogen functional groups attached to an aromatic ring is 1. The Morgan fingerprint density at radius 3 is 2.59 bits per heavy atom. The molecular weight excluding hydrogens is 400 g/mol. The molecule has 4 rings (SSSR count). The Bertz CT molecular complexity index is 1270. The molecule has 7 nitrogen and oxygen atoms in total. The number of nitrogens with one attached hydrogen (secondary N) is 1. The van der Waals surface area contributed by atoms with Gasteiger partial charge in [-0.15, -0.1) is 0 Å². The number of nitrogens with zero attached hydrogens (tertiary/aromatic N) is 4. The van der Waals surface area contributed by atoms with Gasteiger partial charge in [-0.1, -0.05) is 24.3 Å². The zero-order chi connectivity index (χ0) is 22.5. The number of benzene rings is 2. The van der Waals surface area contributed by atoms with Crippen LogP contribution in [-0.2, 0) is 6.42 Å². The van der Waals surface area contributed by atoms with E-state index in [9.17, 15) is 10.1 Å². The molecule has 0 bridgehead atoms. The number of amides is 1. The van der Waals surface area contributed by atoms with Crippen molar-refractivity contribution in [2.24, 2.45) is 0 Å². The number of hydrogen-bond acceptors (Lipinski definition) is 4. The van der Waals surface area contributed by atoms with Crippen LogP contribution in [-0.4, -0.2) is 26.8 Å². The van der Waals surface area contributed by atoms with E-state index in [2.05, 4.69) is 16.5 Å². The fourth-order valence-corrected chi connectivity index (χ4v) is 3.62. The highest BCUT2D eigenvalue weighted by atomic mass is 16.1. The van der Waals surface area contributed by atoms with E-state index in [-0.39, 0.29) is 5.91 Å². The van der Waals surface area contributed by atoms with Crippen molar-refractivity contribution in [2.45, 2.75) is 19.8 Å². The van der Waals surface area contributed by atoms with Crippen molar-refractivity contribution in [2.75, 3.05) is 12.3 Å². The van der Waals surface area contributed by atoms with Crippen molar-refractivity contribution in [1.29, 1.82) is 5.26 Å². The van der Waals surface area contributed by atoms with Gasteiger partial charge in [0.15, 0.2) is 0 Å². The molecule has 2 heterocycles. The predicted octanol–water partition coefficient (Wildman–Crippen LogP) is 3.79. The highest BCUT2D eigenvalue weighted by Gasteiger charge is 2.16. The summed E-state index contributed by atoms with van der Waals surface area (Å²) in [5.74, 6) is 0.197. The molecule has 32 heavy (non-hydrogen) atoms. The number of para-hydroxylation sites is 1. The maximum Gasteiger partial charge on any atom is 0.251 e. The molecule has 0 unspecified atom stereocenters. The second kappa shape index (κ2) is 9.23. The SMILES string of the molecule is Cc1ccc(C(=O)NCCCc2nn(-c3ccccc3)c(N)c2C#N)cc1-n1cccc1. The first-order valence-corrected chi connectivity index (χ1v) is 10.4.